The molecule has 0 N–H and O–H groups in total. The molecule has 0 saturated heterocycles. The van der Waals surface area contributed by atoms with Crippen LogP contribution in [0.4, 0.5) is 0 Å². The lowest BCUT2D eigenvalue weighted by Crippen LogP contribution is -2.07. The zero-order valence-corrected chi connectivity index (χ0v) is 6.01. The highest BCUT2D eigenvalue weighted by Gasteiger charge is 2.03. The summed E-state index contributed by atoms with van der Waals surface area (Å²) in [6.45, 7) is 0. The topological polar surface area (TPSA) is 52.8 Å². The summed E-state index contributed by atoms with van der Waals surface area (Å²) in [7, 11) is 0. The first kappa shape index (κ1) is 6.61. The lowest BCUT2D eigenvalue weighted by atomic mass is 10.4. The Morgan fingerprint density at radius 2 is 2.50 bits per heavy atom. The van der Waals surface area contributed by atoms with Crippen LogP contribution < -0.4 is 4.84 Å². The quantitative estimate of drug-likeness (QED) is 0.544. The van der Waals surface area contributed by atoms with Gasteiger partial charge < -0.3 is 4.84 Å². The Labute approximate surface area is 67.9 Å². The molecule has 0 unspecified atom stereocenters. The van der Waals surface area contributed by atoms with Crippen LogP contribution in [0.25, 0.3) is 11.2 Å². The van der Waals surface area contributed by atoms with Crippen molar-refractivity contribution in [1.82, 2.24) is 20.1 Å². The third kappa shape index (κ3) is 0.864. The molecule has 0 spiro atoms. The highest BCUT2D eigenvalue weighted by Crippen LogP contribution is 2.03. The van der Waals surface area contributed by atoms with E-state index in [0.717, 1.165) is 4.85 Å². The van der Waals surface area contributed by atoms with Crippen molar-refractivity contribution in [3.63, 3.8) is 0 Å². The lowest BCUT2D eigenvalue weighted by Gasteiger charge is -1.92. The van der Waals surface area contributed by atoms with Gasteiger partial charge in [0.1, 0.15) is 11.6 Å². The largest absolute Gasteiger partial charge is 0.301 e. The van der Waals surface area contributed by atoms with E-state index in [-0.39, 0.29) is 0 Å². The lowest BCUT2D eigenvalue weighted by molar-refractivity contribution is 0.202. The number of nitrogens with zero attached hydrogens (tertiary/aromatic N) is 4. The van der Waals surface area contributed by atoms with Gasteiger partial charge in [-0.1, -0.05) is 6.42 Å². The van der Waals surface area contributed by atoms with Gasteiger partial charge in [-0.15, -0.1) is 5.10 Å². The molecule has 0 aliphatic carbocycles. The summed E-state index contributed by atoms with van der Waals surface area (Å²) in [5.74, 6) is 0. The molecule has 0 saturated carbocycles. The van der Waals surface area contributed by atoms with Crippen LogP contribution in [0.5, 0.6) is 0 Å². The summed E-state index contributed by atoms with van der Waals surface area (Å²) in [4.78, 5) is 9.74. The monoisotopic (exact) mass is 160 g/mol. The molecule has 0 bridgehead atoms. The van der Waals surface area contributed by atoms with Gasteiger partial charge in [0.05, 0.1) is 0 Å². The summed E-state index contributed by atoms with van der Waals surface area (Å²) in [6.07, 6.45) is 8.52. The minimum absolute atomic E-state index is 0.510. The Bertz CT molecular complexity index is 442. The zero-order chi connectivity index (χ0) is 8.39. The van der Waals surface area contributed by atoms with Crippen LogP contribution in [0.15, 0.2) is 18.3 Å². The Hall–Kier alpha value is -2.09. The van der Waals surface area contributed by atoms with Crippen LogP contribution in [0.3, 0.4) is 0 Å². The number of rotatable bonds is 1. The van der Waals surface area contributed by atoms with Crippen molar-refractivity contribution in [3.8, 4) is 12.5 Å². The van der Waals surface area contributed by atoms with Crippen molar-refractivity contribution in [2.24, 2.45) is 0 Å². The molecule has 2 aromatic heterocycles. The van der Waals surface area contributed by atoms with Crippen molar-refractivity contribution in [2.75, 3.05) is 0 Å². The Kier molecular flexibility index (Phi) is 1.38. The van der Waals surface area contributed by atoms with Crippen molar-refractivity contribution in [1.29, 1.82) is 0 Å². The molecule has 0 amide bonds. The molecule has 5 heteroatoms. The molecule has 0 aromatic carbocycles. The third-order valence-electron chi connectivity index (χ3n) is 1.32. The van der Waals surface area contributed by atoms with E-state index in [0.29, 0.717) is 11.2 Å². The van der Waals surface area contributed by atoms with Gasteiger partial charge in [0.25, 0.3) is 0 Å². The second-order valence-corrected chi connectivity index (χ2v) is 2.02. The Morgan fingerprint density at radius 1 is 1.58 bits per heavy atom. The first-order chi connectivity index (χ1) is 5.92. The van der Waals surface area contributed by atoms with Crippen molar-refractivity contribution in [3.05, 3.63) is 18.3 Å². The standard InChI is InChI=1S/C7H4N4O/c1-2-12-11-7-6(9-10-11)4-3-5-8-7/h1,3-5H. The van der Waals surface area contributed by atoms with E-state index in [1.165, 1.54) is 0 Å². The van der Waals surface area contributed by atoms with Gasteiger partial charge in [-0.3, -0.25) is 0 Å². The van der Waals surface area contributed by atoms with E-state index in [2.05, 4.69) is 20.1 Å². The Morgan fingerprint density at radius 3 is 3.33 bits per heavy atom. The number of terminal acetylenes is 1. The van der Waals surface area contributed by atoms with Crippen LogP contribution >= 0.6 is 0 Å². The highest BCUT2D eigenvalue weighted by atomic mass is 16.7. The number of pyridine rings is 1. The second-order valence-electron chi connectivity index (χ2n) is 2.02. The van der Waals surface area contributed by atoms with Gasteiger partial charge in [0, 0.05) is 6.20 Å². The fourth-order valence-electron chi connectivity index (χ4n) is 0.856. The van der Waals surface area contributed by atoms with Crippen LogP contribution in [0.2, 0.25) is 0 Å². The van der Waals surface area contributed by atoms with Crippen molar-refractivity contribution < 1.29 is 4.84 Å². The number of fused-ring (bicyclic) bond motifs is 1. The molecular weight excluding hydrogens is 156 g/mol. The van der Waals surface area contributed by atoms with Crippen LogP contribution in [0.1, 0.15) is 0 Å². The molecule has 0 fully saturated rings. The minimum atomic E-state index is 0.510. The van der Waals surface area contributed by atoms with E-state index in [1.54, 1.807) is 18.3 Å². The summed E-state index contributed by atoms with van der Waals surface area (Å²) in [5, 5.41) is 7.39. The molecule has 0 radical (unpaired) electrons. The summed E-state index contributed by atoms with van der Waals surface area (Å²) in [6, 6.07) is 3.53. The van der Waals surface area contributed by atoms with E-state index >= 15 is 0 Å². The number of aromatic nitrogens is 4. The molecular formula is C7H4N4O. The average molecular weight is 160 g/mol. The van der Waals surface area contributed by atoms with Gasteiger partial charge in [-0.05, 0) is 22.2 Å². The number of hydrogen-bond donors (Lipinski definition) is 0. The molecule has 2 aromatic rings. The smallest absolute Gasteiger partial charge is 0.221 e. The summed E-state index contributed by atoms with van der Waals surface area (Å²) < 4.78 is 0. The second kappa shape index (κ2) is 2.51. The summed E-state index contributed by atoms with van der Waals surface area (Å²) >= 11 is 0. The van der Waals surface area contributed by atoms with E-state index in [9.17, 15) is 0 Å². The van der Waals surface area contributed by atoms with E-state index < -0.39 is 0 Å². The molecule has 0 aliphatic rings. The zero-order valence-electron chi connectivity index (χ0n) is 6.01. The van der Waals surface area contributed by atoms with Crippen LogP contribution in [0, 0.1) is 12.5 Å². The van der Waals surface area contributed by atoms with Gasteiger partial charge in [0.15, 0.2) is 0 Å². The first-order valence-electron chi connectivity index (χ1n) is 3.21. The first-order valence-corrected chi connectivity index (χ1v) is 3.21. The molecule has 12 heavy (non-hydrogen) atoms. The van der Waals surface area contributed by atoms with Crippen molar-refractivity contribution in [2.45, 2.75) is 0 Å². The molecule has 2 rings (SSSR count). The third-order valence-corrected chi connectivity index (χ3v) is 1.32. The van der Waals surface area contributed by atoms with Crippen LogP contribution in [-0.4, -0.2) is 20.1 Å². The fraction of sp³-hybridized carbons (Fsp3) is 0. The minimum Gasteiger partial charge on any atom is -0.301 e. The van der Waals surface area contributed by atoms with Crippen molar-refractivity contribution >= 4 is 11.2 Å². The van der Waals surface area contributed by atoms with Gasteiger partial charge in [0.2, 0.25) is 5.65 Å². The molecule has 0 atom stereocenters. The predicted octanol–water partition coefficient (Wildman–Crippen LogP) is -0.154. The molecule has 2 heterocycles. The molecule has 58 valence electrons. The maximum atomic E-state index is 4.92. The fourth-order valence-corrected chi connectivity index (χ4v) is 0.856. The predicted molar refractivity (Wildman–Crippen MR) is 40.7 cm³/mol. The molecule has 5 nitrogen and oxygen atoms in total. The maximum Gasteiger partial charge on any atom is 0.221 e. The maximum absolute atomic E-state index is 4.92. The highest BCUT2D eigenvalue weighted by molar-refractivity contribution is 5.68. The van der Waals surface area contributed by atoms with Crippen LogP contribution in [-0.2, 0) is 0 Å². The van der Waals surface area contributed by atoms with E-state index in [4.69, 9.17) is 6.42 Å². The normalized spacial score (nSPS) is 9.58. The number of hydrogen-bond acceptors (Lipinski definition) is 4. The van der Waals surface area contributed by atoms with Gasteiger partial charge in [-0.2, -0.15) is 0 Å². The SMILES string of the molecule is C#COn1nnc2cccnc21. The summed E-state index contributed by atoms with van der Waals surface area (Å²) in [5.41, 5.74) is 1.16. The van der Waals surface area contributed by atoms with Gasteiger partial charge in [-0.25, -0.2) is 4.98 Å². The van der Waals surface area contributed by atoms with E-state index in [1.807, 2.05) is 6.11 Å². The Balaban J connectivity index is 2.64. The van der Waals surface area contributed by atoms with Gasteiger partial charge >= 0.3 is 0 Å². The average Bonchev–Trinajstić information content (AvgIpc) is 2.50. The molecule has 0 aliphatic heterocycles.